The minimum atomic E-state index is -1.33. The Hall–Kier alpha value is -2.26. The first-order valence-corrected chi connectivity index (χ1v) is 14.8. The van der Waals surface area contributed by atoms with Crippen LogP contribution in [0.25, 0.3) is 0 Å². The molecule has 2 N–H and O–H groups in total. The predicted molar refractivity (Wildman–Crippen MR) is 151 cm³/mol. The summed E-state index contributed by atoms with van der Waals surface area (Å²) in [4.78, 5) is 52.0. The lowest BCUT2D eigenvalue weighted by Crippen LogP contribution is -2.63. The molecule has 13 heteroatoms. The molecule has 2 saturated heterocycles. The van der Waals surface area contributed by atoms with E-state index in [-0.39, 0.29) is 37.3 Å². The summed E-state index contributed by atoms with van der Waals surface area (Å²) >= 11 is 0. The number of fused-ring (bicyclic) bond motifs is 1. The van der Waals surface area contributed by atoms with E-state index in [4.69, 9.17) is 28.4 Å². The second-order valence-electron chi connectivity index (χ2n) is 12.0. The number of carbonyl (C=O) groups excluding carboxylic acids is 4. The molecule has 0 aliphatic carbocycles. The Balaban J connectivity index is 2.05. The van der Waals surface area contributed by atoms with E-state index in [1.807, 2.05) is 0 Å². The maximum Gasteiger partial charge on any atom is 0.309 e. The molecule has 0 radical (unpaired) electrons. The third-order valence-corrected chi connectivity index (χ3v) is 8.32. The van der Waals surface area contributed by atoms with Crippen LogP contribution in [0.2, 0.25) is 0 Å². The normalized spacial score (nSPS) is 42.0. The molecule has 3 rings (SSSR count). The molecule has 13 nitrogen and oxygen atoms in total. The van der Waals surface area contributed by atoms with Crippen molar-refractivity contribution in [2.45, 2.75) is 121 Å². The number of nitrogens with zero attached hydrogens (tertiary/aromatic N) is 1. The zero-order valence-electron chi connectivity index (χ0n) is 26.0. The number of ether oxygens (including phenoxy) is 6. The number of aldehydes is 1. The van der Waals surface area contributed by atoms with Gasteiger partial charge in [0.25, 0.3) is 0 Å². The lowest BCUT2D eigenvalue weighted by atomic mass is 9.83. The molecule has 0 saturated carbocycles. The van der Waals surface area contributed by atoms with E-state index in [0.717, 1.165) is 0 Å². The highest BCUT2D eigenvalue weighted by atomic mass is 16.7. The lowest BCUT2D eigenvalue weighted by Gasteiger charge is -2.46. The van der Waals surface area contributed by atoms with Gasteiger partial charge in [0.2, 0.25) is 0 Å². The number of carbonyl (C=O) groups is 4. The van der Waals surface area contributed by atoms with E-state index in [0.29, 0.717) is 12.7 Å². The highest BCUT2D eigenvalue weighted by molar-refractivity contribution is 5.91. The molecular formula is C30H47NO12. The third kappa shape index (κ3) is 9.37. The summed E-state index contributed by atoms with van der Waals surface area (Å²) in [6.45, 7) is 6.27. The van der Waals surface area contributed by atoms with Gasteiger partial charge < -0.3 is 48.3 Å². The fraction of sp³-hybridized carbons (Fsp3) is 0.800. The number of methoxy groups -OCH3 is 1. The van der Waals surface area contributed by atoms with Gasteiger partial charge in [0.15, 0.2) is 12.1 Å². The average molecular weight is 614 g/mol. The van der Waals surface area contributed by atoms with Crippen molar-refractivity contribution in [1.82, 2.24) is 4.90 Å². The number of likely N-dealkylation sites (N-methyl/N-ethyl adjacent to an activating group) is 1. The quantitative estimate of drug-likeness (QED) is 0.232. The lowest BCUT2D eigenvalue weighted by molar-refractivity contribution is -0.309. The van der Waals surface area contributed by atoms with E-state index >= 15 is 0 Å². The van der Waals surface area contributed by atoms with Crippen LogP contribution in [0.4, 0.5) is 0 Å². The van der Waals surface area contributed by atoms with Gasteiger partial charge in [-0.05, 0) is 52.4 Å². The fourth-order valence-electron chi connectivity index (χ4n) is 6.02. The number of esters is 2. The van der Waals surface area contributed by atoms with Gasteiger partial charge in [-0.2, -0.15) is 0 Å². The van der Waals surface area contributed by atoms with Crippen LogP contribution in [0.5, 0.6) is 0 Å². The minimum absolute atomic E-state index is 0.0773. The van der Waals surface area contributed by atoms with E-state index in [1.165, 1.54) is 20.1 Å². The van der Waals surface area contributed by atoms with Crippen LogP contribution in [0.15, 0.2) is 12.2 Å². The van der Waals surface area contributed by atoms with Gasteiger partial charge in [-0.3, -0.25) is 14.4 Å². The Morgan fingerprint density at radius 3 is 2.40 bits per heavy atom. The van der Waals surface area contributed by atoms with Crippen LogP contribution in [-0.4, -0.2) is 128 Å². The topological polar surface area (TPSA) is 171 Å². The maximum absolute atomic E-state index is 13.1. The van der Waals surface area contributed by atoms with Crippen molar-refractivity contribution in [3.05, 3.63) is 12.2 Å². The van der Waals surface area contributed by atoms with Gasteiger partial charge in [0, 0.05) is 32.8 Å². The van der Waals surface area contributed by atoms with Crippen LogP contribution in [0, 0.1) is 11.8 Å². The number of hydrogen-bond acceptors (Lipinski definition) is 13. The highest BCUT2D eigenvalue weighted by Crippen LogP contribution is 2.34. The molecule has 13 atom stereocenters. The predicted octanol–water partition coefficient (Wildman–Crippen LogP) is 0.565. The Bertz CT molecular complexity index is 1000. The zero-order valence-corrected chi connectivity index (χ0v) is 26.0. The van der Waals surface area contributed by atoms with E-state index in [1.54, 1.807) is 45.8 Å². The summed E-state index contributed by atoms with van der Waals surface area (Å²) in [5, 5.41) is 21.9. The Morgan fingerprint density at radius 2 is 1.79 bits per heavy atom. The zero-order chi connectivity index (χ0) is 32.0. The molecule has 43 heavy (non-hydrogen) atoms. The molecule has 244 valence electrons. The number of allylic oxidation sites excluding steroid dienone is 1. The van der Waals surface area contributed by atoms with Gasteiger partial charge >= 0.3 is 11.9 Å². The molecule has 3 aliphatic heterocycles. The molecule has 3 heterocycles. The molecule has 0 bridgehead atoms. The number of epoxide rings is 1. The van der Waals surface area contributed by atoms with Crippen LogP contribution in [0.1, 0.15) is 53.4 Å². The summed E-state index contributed by atoms with van der Waals surface area (Å²) in [7, 11) is 4.74. The van der Waals surface area contributed by atoms with Gasteiger partial charge in [-0.15, -0.1) is 0 Å². The molecule has 0 aromatic rings. The van der Waals surface area contributed by atoms with Crippen LogP contribution in [0.3, 0.4) is 0 Å². The van der Waals surface area contributed by atoms with Crippen LogP contribution >= 0.6 is 0 Å². The number of rotatable bonds is 7. The fourth-order valence-corrected chi connectivity index (χ4v) is 6.02. The number of ketones is 1. The SMILES string of the molecule is CO[C@@H]1[C@@H](O[C@@H]2O[C@H](C)[C@@H](O)[C@H](N(C)C)[C@H]2O)[C@@H](CC=O)C[C@@H](C)C(=O)/C=C/[C@@H]2O[C@H]2C[C@@H](C)OC(=O)C[C@H]1OC(C)=O. The first kappa shape index (κ1) is 35.2. The largest absolute Gasteiger partial charge is 0.462 e. The number of aliphatic hydroxyl groups is 2. The van der Waals surface area contributed by atoms with Crippen molar-refractivity contribution < 1.29 is 57.8 Å². The first-order valence-electron chi connectivity index (χ1n) is 14.8. The highest BCUT2D eigenvalue weighted by Gasteiger charge is 2.48. The molecular weight excluding hydrogens is 566 g/mol. The van der Waals surface area contributed by atoms with Crippen molar-refractivity contribution in [2.24, 2.45) is 11.8 Å². The molecule has 0 aromatic carbocycles. The Labute approximate surface area is 252 Å². The van der Waals surface area contributed by atoms with Crippen molar-refractivity contribution in [3.8, 4) is 0 Å². The van der Waals surface area contributed by atoms with Crippen molar-refractivity contribution in [1.29, 1.82) is 0 Å². The first-order chi connectivity index (χ1) is 20.3. The molecule has 0 amide bonds. The van der Waals surface area contributed by atoms with Crippen LogP contribution in [-0.2, 0) is 47.6 Å². The van der Waals surface area contributed by atoms with E-state index in [2.05, 4.69) is 0 Å². The van der Waals surface area contributed by atoms with Crippen molar-refractivity contribution >= 4 is 24.0 Å². The number of aliphatic hydroxyl groups excluding tert-OH is 2. The summed E-state index contributed by atoms with van der Waals surface area (Å²) in [5.74, 6) is -2.77. The monoisotopic (exact) mass is 613 g/mol. The molecule has 3 aliphatic rings. The summed E-state index contributed by atoms with van der Waals surface area (Å²) in [5.41, 5.74) is 0. The van der Waals surface area contributed by atoms with Gasteiger partial charge in [0.1, 0.15) is 36.8 Å². The average Bonchev–Trinajstić information content (AvgIpc) is 3.65. The standard InChI is InChI=1S/C30H47NO12/c1-15-12-19(10-11-32)28(43-30-27(37)25(31(5)6)26(36)17(3)40-30)29(38-7)23(41-18(4)33)14-24(35)39-16(2)13-22-21(42-22)9-8-20(15)34/h8-9,11,15-17,19,21-23,25-30,36-37H,10,12-14H2,1-7H3/b9-8+/t15-,16-,17-,19+,21+,22+,23-,25+,26-,27-,28+,29+,30+/m1/s1. The third-order valence-electron chi connectivity index (χ3n) is 8.32. The van der Waals surface area contributed by atoms with Gasteiger partial charge in [0.05, 0.1) is 36.9 Å². The molecule has 2 fully saturated rings. The molecule has 0 spiro atoms. The van der Waals surface area contributed by atoms with Crippen molar-refractivity contribution in [3.63, 3.8) is 0 Å². The minimum Gasteiger partial charge on any atom is -0.462 e. The summed E-state index contributed by atoms with van der Waals surface area (Å²) in [6, 6.07) is -0.759. The number of hydrogen-bond donors (Lipinski definition) is 2. The smallest absolute Gasteiger partial charge is 0.309 e. The summed E-state index contributed by atoms with van der Waals surface area (Å²) < 4.78 is 34.9. The second kappa shape index (κ2) is 15.6. The Kier molecular flexibility index (Phi) is 12.8. The van der Waals surface area contributed by atoms with Gasteiger partial charge in [-0.1, -0.05) is 6.92 Å². The Morgan fingerprint density at radius 1 is 1.09 bits per heavy atom. The van der Waals surface area contributed by atoms with E-state index < -0.39 is 78.8 Å². The summed E-state index contributed by atoms with van der Waals surface area (Å²) in [6.07, 6.45) is -4.91. The molecule has 0 aromatic heterocycles. The van der Waals surface area contributed by atoms with Gasteiger partial charge in [-0.25, -0.2) is 0 Å². The maximum atomic E-state index is 13.1. The van der Waals surface area contributed by atoms with Crippen molar-refractivity contribution in [2.75, 3.05) is 21.2 Å². The number of cyclic esters (lactones) is 1. The molecule has 0 unspecified atom stereocenters. The van der Waals surface area contributed by atoms with E-state index in [9.17, 15) is 29.4 Å². The second-order valence-corrected chi connectivity index (χ2v) is 12.0. The van der Waals surface area contributed by atoms with Crippen LogP contribution < -0.4 is 0 Å².